The molecule has 1 atom stereocenters. The lowest BCUT2D eigenvalue weighted by molar-refractivity contribution is -0.129. The van der Waals surface area contributed by atoms with Crippen molar-refractivity contribution in [1.82, 2.24) is 15.5 Å². The lowest BCUT2D eigenvalue weighted by Crippen LogP contribution is -2.45. The summed E-state index contributed by atoms with van der Waals surface area (Å²) in [6.07, 6.45) is 2.21. The molecular weight excluding hydrogens is 360 g/mol. The van der Waals surface area contributed by atoms with E-state index in [-0.39, 0.29) is 11.9 Å². The summed E-state index contributed by atoms with van der Waals surface area (Å²) >= 11 is 0. The summed E-state index contributed by atoms with van der Waals surface area (Å²) in [7, 11) is 6.57. The van der Waals surface area contributed by atoms with Crippen LogP contribution >= 0.6 is 0 Å². The second-order valence-electron chi connectivity index (χ2n) is 6.57. The van der Waals surface area contributed by atoms with Crippen LogP contribution in [0, 0.1) is 0 Å². The van der Waals surface area contributed by atoms with Crippen molar-refractivity contribution in [2.75, 3.05) is 48.0 Å². The molecular formula is C20H32N4O4. The third-order valence-corrected chi connectivity index (χ3v) is 4.88. The Balaban J connectivity index is 1.91. The Morgan fingerprint density at radius 1 is 1.21 bits per heavy atom. The van der Waals surface area contributed by atoms with Crippen molar-refractivity contribution in [1.29, 1.82) is 0 Å². The first-order valence-corrected chi connectivity index (χ1v) is 9.60. The van der Waals surface area contributed by atoms with Gasteiger partial charge in [0.1, 0.15) is 0 Å². The first kappa shape index (κ1) is 21.7. The number of nitrogens with zero attached hydrogens (tertiary/aromatic N) is 2. The first-order valence-electron chi connectivity index (χ1n) is 9.60. The van der Waals surface area contributed by atoms with E-state index in [2.05, 4.69) is 15.6 Å². The van der Waals surface area contributed by atoms with Crippen molar-refractivity contribution < 1.29 is 19.0 Å². The Morgan fingerprint density at radius 2 is 1.96 bits per heavy atom. The summed E-state index contributed by atoms with van der Waals surface area (Å²) in [5, 5.41) is 6.73. The maximum absolute atomic E-state index is 11.8. The van der Waals surface area contributed by atoms with Gasteiger partial charge < -0.3 is 29.7 Å². The van der Waals surface area contributed by atoms with Crippen molar-refractivity contribution in [3.63, 3.8) is 0 Å². The van der Waals surface area contributed by atoms with Crippen molar-refractivity contribution >= 4 is 11.9 Å². The maximum atomic E-state index is 11.8. The molecule has 0 radical (unpaired) electrons. The summed E-state index contributed by atoms with van der Waals surface area (Å²) in [4.78, 5) is 18.0. The summed E-state index contributed by atoms with van der Waals surface area (Å²) in [5.74, 6) is 2.84. The van der Waals surface area contributed by atoms with E-state index in [0.717, 1.165) is 37.5 Å². The number of benzene rings is 1. The monoisotopic (exact) mass is 392 g/mol. The zero-order valence-electron chi connectivity index (χ0n) is 17.5. The summed E-state index contributed by atoms with van der Waals surface area (Å²) in [5.41, 5.74) is 1.02. The minimum atomic E-state index is 0.202. The maximum Gasteiger partial charge on any atom is 0.222 e. The molecule has 2 rings (SSSR count). The zero-order valence-corrected chi connectivity index (χ0v) is 17.5. The number of aliphatic imine (C=N–C) groups is 1. The number of nitrogens with one attached hydrogen (secondary N) is 2. The molecule has 2 N–H and O–H groups in total. The van der Waals surface area contributed by atoms with Gasteiger partial charge in [0.15, 0.2) is 17.5 Å². The van der Waals surface area contributed by atoms with E-state index in [0.29, 0.717) is 30.2 Å². The molecule has 0 spiro atoms. The fraction of sp³-hybridized carbons (Fsp3) is 0.600. The fourth-order valence-electron chi connectivity index (χ4n) is 3.39. The molecule has 1 heterocycles. The number of guanidine groups is 1. The van der Waals surface area contributed by atoms with E-state index >= 15 is 0 Å². The molecule has 0 bridgehead atoms. The molecule has 1 unspecified atom stereocenters. The van der Waals surface area contributed by atoms with Gasteiger partial charge in [-0.05, 0) is 18.9 Å². The van der Waals surface area contributed by atoms with Gasteiger partial charge in [0.2, 0.25) is 11.7 Å². The number of carbonyl (C=O) groups is 1. The third kappa shape index (κ3) is 5.21. The molecule has 0 aromatic heterocycles. The molecule has 1 aromatic rings. The highest BCUT2D eigenvalue weighted by atomic mass is 16.5. The van der Waals surface area contributed by atoms with Crippen LogP contribution in [0.2, 0.25) is 0 Å². The molecule has 1 amide bonds. The van der Waals surface area contributed by atoms with Crippen molar-refractivity contribution in [2.45, 2.75) is 32.2 Å². The first-order chi connectivity index (χ1) is 13.6. The van der Waals surface area contributed by atoms with Gasteiger partial charge in [-0.15, -0.1) is 0 Å². The summed E-state index contributed by atoms with van der Waals surface area (Å²) in [6, 6.07) is 4.07. The fourth-order valence-corrected chi connectivity index (χ4v) is 3.39. The van der Waals surface area contributed by atoms with Crippen molar-refractivity contribution in [2.24, 2.45) is 4.99 Å². The molecule has 8 nitrogen and oxygen atoms in total. The molecule has 8 heteroatoms. The van der Waals surface area contributed by atoms with Gasteiger partial charge in [-0.25, -0.2) is 0 Å². The van der Waals surface area contributed by atoms with Crippen LogP contribution < -0.4 is 24.8 Å². The Bertz CT molecular complexity index is 693. The number of ether oxygens (including phenoxy) is 3. The highest BCUT2D eigenvalue weighted by Gasteiger charge is 2.25. The zero-order chi connectivity index (χ0) is 20.5. The second kappa shape index (κ2) is 10.6. The molecule has 1 saturated heterocycles. The van der Waals surface area contributed by atoms with Crippen LogP contribution in [0.25, 0.3) is 0 Å². The molecule has 1 aliphatic heterocycles. The highest BCUT2D eigenvalue weighted by molar-refractivity contribution is 5.80. The van der Waals surface area contributed by atoms with Gasteiger partial charge in [-0.3, -0.25) is 9.79 Å². The van der Waals surface area contributed by atoms with Crippen LogP contribution in [0.1, 0.15) is 25.3 Å². The van der Waals surface area contributed by atoms with Gasteiger partial charge in [0, 0.05) is 44.7 Å². The van der Waals surface area contributed by atoms with Crippen molar-refractivity contribution in [3.05, 3.63) is 17.7 Å². The number of carbonyl (C=O) groups excluding carboxylic acids is 1. The molecule has 0 aliphatic carbocycles. The van der Waals surface area contributed by atoms with Gasteiger partial charge in [-0.2, -0.15) is 0 Å². The average molecular weight is 393 g/mol. The Labute approximate surface area is 167 Å². The molecule has 1 aliphatic rings. The number of rotatable bonds is 8. The van der Waals surface area contributed by atoms with Gasteiger partial charge in [-0.1, -0.05) is 13.0 Å². The van der Waals surface area contributed by atoms with Crippen LogP contribution in [-0.4, -0.2) is 70.8 Å². The van der Waals surface area contributed by atoms with Crippen molar-refractivity contribution in [3.8, 4) is 17.2 Å². The number of methoxy groups -OCH3 is 3. The van der Waals surface area contributed by atoms with Gasteiger partial charge in [0.25, 0.3) is 0 Å². The van der Waals surface area contributed by atoms with E-state index in [1.54, 1.807) is 28.4 Å². The Morgan fingerprint density at radius 3 is 2.57 bits per heavy atom. The smallest absolute Gasteiger partial charge is 0.222 e. The van der Waals surface area contributed by atoms with Gasteiger partial charge >= 0.3 is 0 Å². The van der Waals surface area contributed by atoms with Crippen LogP contribution in [0.3, 0.4) is 0 Å². The van der Waals surface area contributed by atoms with Crippen LogP contribution in [-0.2, 0) is 11.2 Å². The molecule has 156 valence electrons. The largest absolute Gasteiger partial charge is 0.493 e. The Kier molecular flexibility index (Phi) is 8.22. The SMILES string of the molecule is CCC(=O)N1CCC(NC(=NC)NCCc2ccc(OC)c(OC)c2OC)C1. The summed E-state index contributed by atoms with van der Waals surface area (Å²) < 4.78 is 16.3. The topological polar surface area (TPSA) is 84.4 Å². The number of hydrogen-bond acceptors (Lipinski definition) is 5. The molecule has 1 aromatic carbocycles. The number of hydrogen-bond donors (Lipinski definition) is 2. The van der Waals surface area contributed by atoms with E-state index in [9.17, 15) is 4.79 Å². The highest BCUT2D eigenvalue weighted by Crippen LogP contribution is 2.39. The van der Waals surface area contributed by atoms with Gasteiger partial charge in [0.05, 0.1) is 21.3 Å². The lowest BCUT2D eigenvalue weighted by atomic mass is 10.1. The average Bonchev–Trinajstić information content (AvgIpc) is 3.20. The molecule has 0 saturated carbocycles. The van der Waals surface area contributed by atoms with Crippen LogP contribution in [0.5, 0.6) is 17.2 Å². The third-order valence-electron chi connectivity index (χ3n) is 4.88. The van der Waals surface area contributed by atoms with Crippen LogP contribution in [0.4, 0.5) is 0 Å². The number of likely N-dealkylation sites (tertiary alicyclic amines) is 1. The predicted octanol–water partition coefficient (Wildman–Crippen LogP) is 1.43. The normalized spacial score (nSPS) is 16.7. The lowest BCUT2D eigenvalue weighted by Gasteiger charge is -2.19. The van der Waals surface area contributed by atoms with E-state index in [4.69, 9.17) is 14.2 Å². The second-order valence-corrected chi connectivity index (χ2v) is 6.57. The van der Waals surface area contributed by atoms with E-state index in [1.165, 1.54) is 0 Å². The molecule has 1 fully saturated rings. The quantitative estimate of drug-likeness (QED) is 0.514. The van der Waals surface area contributed by atoms with E-state index in [1.807, 2.05) is 24.0 Å². The molecule has 28 heavy (non-hydrogen) atoms. The standard InChI is InChI=1S/C20H32N4O4/c1-6-17(25)24-12-10-15(13-24)23-20(21-2)22-11-9-14-7-8-16(26-3)19(28-5)18(14)27-4/h7-8,15H,6,9-13H2,1-5H3,(H2,21,22,23). The minimum absolute atomic E-state index is 0.202. The minimum Gasteiger partial charge on any atom is -0.493 e. The summed E-state index contributed by atoms with van der Waals surface area (Å²) in [6.45, 7) is 4.09. The Hall–Kier alpha value is -2.64. The van der Waals surface area contributed by atoms with Crippen LogP contribution in [0.15, 0.2) is 17.1 Å². The van der Waals surface area contributed by atoms with E-state index < -0.39 is 0 Å². The predicted molar refractivity (Wildman–Crippen MR) is 110 cm³/mol. The number of amides is 1.